The molecule has 1 aliphatic heterocycles. The molecule has 2 aromatic heterocycles. The number of para-hydroxylation sites is 1. The predicted octanol–water partition coefficient (Wildman–Crippen LogP) is 2.80. The smallest absolute Gasteiger partial charge is 0.295 e. The van der Waals surface area contributed by atoms with Gasteiger partial charge in [-0.1, -0.05) is 18.2 Å². The summed E-state index contributed by atoms with van der Waals surface area (Å²) in [7, 11) is 1.48. The van der Waals surface area contributed by atoms with Crippen molar-refractivity contribution in [1.29, 1.82) is 0 Å². The van der Waals surface area contributed by atoms with E-state index in [1.807, 2.05) is 10.8 Å². The zero-order valence-corrected chi connectivity index (χ0v) is 17.0. The van der Waals surface area contributed by atoms with E-state index in [9.17, 15) is 14.7 Å². The summed E-state index contributed by atoms with van der Waals surface area (Å²) in [5, 5.41) is 11.1. The van der Waals surface area contributed by atoms with Crippen LogP contribution in [0.2, 0.25) is 0 Å². The number of rotatable bonds is 7. The molecule has 8 nitrogen and oxygen atoms in total. The molecule has 1 atom stereocenters. The molecule has 1 aliphatic rings. The molecule has 1 fully saturated rings. The van der Waals surface area contributed by atoms with Crippen LogP contribution in [0.4, 0.5) is 0 Å². The van der Waals surface area contributed by atoms with E-state index < -0.39 is 17.7 Å². The van der Waals surface area contributed by atoms with E-state index >= 15 is 0 Å². The van der Waals surface area contributed by atoms with E-state index in [2.05, 4.69) is 9.97 Å². The molecule has 4 rings (SSSR count). The van der Waals surface area contributed by atoms with Gasteiger partial charge in [-0.05, 0) is 30.7 Å². The number of benzene rings is 1. The van der Waals surface area contributed by atoms with Gasteiger partial charge in [0.05, 0.1) is 30.3 Å². The van der Waals surface area contributed by atoms with Crippen molar-refractivity contribution in [2.24, 2.45) is 0 Å². The second-order valence-corrected chi connectivity index (χ2v) is 7.10. The van der Waals surface area contributed by atoms with Crippen LogP contribution < -0.4 is 4.74 Å². The van der Waals surface area contributed by atoms with E-state index in [0.717, 1.165) is 0 Å². The molecular weight excluding hydrogens is 396 g/mol. The van der Waals surface area contributed by atoms with Gasteiger partial charge in [0.25, 0.3) is 11.7 Å². The van der Waals surface area contributed by atoms with Crippen LogP contribution in [0.15, 0.2) is 73.0 Å². The number of aliphatic hydroxyl groups is 1. The van der Waals surface area contributed by atoms with Gasteiger partial charge in [0.15, 0.2) is 0 Å². The molecule has 0 aliphatic carbocycles. The third kappa shape index (κ3) is 3.92. The van der Waals surface area contributed by atoms with Crippen molar-refractivity contribution in [2.45, 2.75) is 19.0 Å². The number of aliphatic hydroxyl groups excluding tert-OH is 1. The number of carbonyl (C=O) groups is 2. The molecule has 1 amide bonds. The Morgan fingerprint density at radius 1 is 1.10 bits per heavy atom. The van der Waals surface area contributed by atoms with Crippen molar-refractivity contribution in [3.05, 3.63) is 84.2 Å². The van der Waals surface area contributed by atoms with Gasteiger partial charge in [0.2, 0.25) is 0 Å². The normalized spacial score (nSPS) is 17.8. The number of aryl methyl sites for hydroxylation is 1. The highest BCUT2D eigenvalue weighted by Crippen LogP contribution is 2.40. The third-order valence-electron chi connectivity index (χ3n) is 5.24. The van der Waals surface area contributed by atoms with Gasteiger partial charge in [0, 0.05) is 31.7 Å². The fourth-order valence-electron chi connectivity index (χ4n) is 3.78. The maximum atomic E-state index is 13.0. The molecule has 8 heteroatoms. The van der Waals surface area contributed by atoms with Gasteiger partial charge < -0.3 is 19.3 Å². The minimum atomic E-state index is -0.783. The SMILES string of the molecule is COc1ccccc1/C(O)=C1\C(=O)C(=O)N(CCCn2ccnc2)C1c1ccccn1. The summed E-state index contributed by atoms with van der Waals surface area (Å²) in [5.41, 5.74) is 0.874. The number of hydrogen-bond acceptors (Lipinski definition) is 6. The minimum absolute atomic E-state index is 0.0100. The second-order valence-electron chi connectivity index (χ2n) is 7.10. The van der Waals surface area contributed by atoms with Crippen LogP contribution in [-0.2, 0) is 16.1 Å². The molecule has 0 spiro atoms. The average molecular weight is 418 g/mol. The first kappa shape index (κ1) is 20.3. The second kappa shape index (κ2) is 8.83. The molecule has 0 saturated carbocycles. The Hall–Kier alpha value is -3.94. The van der Waals surface area contributed by atoms with E-state index in [1.54, 1.807) is 61.2 Å². The lowest BCUT2D eigenvalue weighted by Gasteiger charge is -2.24. The quantitative estimate of drug-likeness (QED) is 0.360. The molecule has 1 saturated heterocycles. The number of carbonyl (C=O) groups excluding carboxylic acids is 2. The van der Waals surface area contributed by atoms with Crippen LogP contribution in [0.3, 0.4) is 0 Å². The molecular formula is C23H22N4O4. The minimum Gasteiger partial charge on any atom is -0.507 e. The number of amides is 1. The Labute approximate surface area is 179 Å². The summed E-state index contributed by atoms with van der Waals surface area (Å²) >= 11 is 0. The summed E-state index contributed by atoms with van der Waals surface area (Å²) in [5.74, 6) is -1.26. The predicted molar refractivity (Wildman–Crippen MR) is 113 cm³/mol. The standard InChI is InChI=1S/C23H22N4O4/c1-31-18-9-3-2-7-16(18)21(28)19-20(17-8-4-5-10-25-17)27(23(30)22(19)29)13-6-12-26-14-11-24-15-26/h2-5,7-11,14-15,20,28H,6,12-13H2,1H3/b21-19+. The van der Waals surface area contributed by atoms with Crippen LogP contribution in [0.5, 0.6) is 5.75 Å². The van der Waals surface area contributed by atoms with Crippen LogP contribution in [0.1, 0.15) is 23.7 Å². The van der Waals surface area contributed by atoms with Crippen molar-refractivity contribution in [1.82, 2.24) is 19.4 Å². The lowest BCUT2D eigenvalue weighted by atomic mass is 9.98. The van der Waals surface area contributed by atoms with Gasteiger partial charge >= 0.3 is 0 Å². The van der Waals surface area contributed by atoms with Crippen molar-refractivity contribution in [2.75, 3.05) is 13.7 Å². The number of pyridine rings is 1. The number of Topliss-reactive ketones (excluding diaryl/α,β-unsaturated/α-hetero) is 1. The summed E-state index contributed by atoms with van der Waals surface area (Å²) in [4.78, 5) is 35.8. The maximum Gasteiger partial charge on any atom is 0.295 e. The van der Waals surface area contributed by atoms with Crippen molar-refractivity contribution in [3.8, 4) is 5.75 Å². The summed E-state index contributed by atoms with van der Waals surface area (Å²) in [6.45, 7) is 0.969. The molecule has 1 N–H and O–H groups in total. The van der Waals surface area contributed by atoms with Crippen LogP contribution >= 0.6 is 0 Å². The first-order valence-corrected chi connectivity index (χ1v) is 9.90. The molecule has 158 valence electrons. The van der Waals surface area contributed by atoms with E-state index in [1.165, 1.54) is 12.0 Å². The highest BCUT2D eigenvalue weighted by Gasteiger charge is 2.46. The fourth-order valence-corrected chi connectivity index (χ4v) is 3.78. The van der Waals surface area contributed by atoms with Crippen molar-refractivity contribution >= 4 is 17.4 Å². The van der Waals surface area contributed by atoms with E-state index in [4.69, 9.17) is 4.74 Å². The Bertz CT molecular complexity index is 1110. The molecule has 3 heterocycles. The lowest BCUT2D eigenvalue weighted by Crippen LogP contribution is -2.31. The largest absolute Gasteiger partial charge is 0.507 e. The van der Waals surface area contributed by atoms with E-state index in [0.29, 0.717) is 36.5 Å². The highest BCUT2D eigenvalue weighted by atomic mass is 16.5. The number of methoxy groups -OCH3 is 1. The van der Waals surface area contributed by atoms with Gasteiger partial charge in [-0.2, -0.15) is 0 Å². The fraction of sp³-hybridized carbons (Fsp3) is 0.217. The molecule has 0 radical (unpaired) electrons. The Balaban J connectivity index is 1.74. The Morgan fingerprint density at radius 2 is 1.90 bits per heavy atom. The van der Waals surface area contributed by atoms with E-state index in [-0.39, 0.29) is 11.3 Å². The highest BCUT2D eigenvalue weighted by molar-refractivity contribution is 6.46. The van der Waals surface area contributed by atoms with Crippen molar-refractivity contribution < 1.29 is 19.4 Å². The monoisotopic (exact) mass is 418 g/mol. The summed E-state index contributed by atoms with van der Waals surface area (Å²) < 4.78 is 7.24. The summed E-state index contributed by atoms with van der Waals surface area (Å²) in [6, 6.07) is 11.3. The number of likely N-dealkylation sites (tertiary alicyclic amines) is 1. The molecule has 1 aromatic carbocycles. The van der Waals surface area contributed by atoms with Gasteiger partial charge in [-0.25, -0.2) is 4.98 Å². The molecule has 0 bridgehead atoms. The number of nitrogens with zero attached hydrogens (tertiary/aromatic N) is 4. The first-order chi connectivity index (χ1) is 15.1. The van der Waals surface area contributed by atoms with Gasteiger partial charge in [0.1, 0.15) is 17.6 Å². The average Bonchev–Trinajstić information content (AvgIpc) is 3.41. The van der Waals surface area contributed by atoms with Crippen LogP contribution in [-0.4, -0.2) is 49.9 Å². The number of ether oxygens (including phenoxy) is 1. The van der Waals surface area contributed by atoms with Gasteiger partial charge in [-0.15, -0.1) is 0 Å². The van der Waals surface area contributed by atoms with Crippen LogP contribution in [0, 0.1) is 0 Å². The number of ketones is 1. The number of imidazole rings is 1. The molecule has 3 aromatic rings. The molecule has 31 heavy (non-hydrogen) atoms. The van der Waals surface area contributed by atoms with Crippen LogP contribution in [0.25, 0.3) is 5.76 Å². The number of aromatic nitrogens is 3. The summed E-state index contributed by atoms with van der Waals surface area (Å²) in [6.07, 6.45) is 7.44. The van der Waals surface area contributed by atoms with Crippen molar-refractivity contribution in [3.63, 3.8) is 0 Å². The molecule has 1 unspecified atom stereocenters. The maximum absolute atomic E-state index is 13.0. The zero-order chi connectivity index (χ0) is 21.8. The third-order valence-corrected chi connectivity index (χ3v) is 5.24. The lowest BCUT2D eigenvalue weighted by molar-refractivity contribution is -0.140. The Morgan fingerprint density at radius 3 is 2.61 bits per heavy atom. The number of hydrogen-bond donors (Lipinski definition) is 1. The topological polar surface area (TPSA) is 97.6 Å². The zero-order valence-electron chi connectivity index (χ0n) is 17.0. The van der Waals surface area contributed by atoms with Gasteiger partial charge in [-0.3, -0.25) is 14.6 Å². The Kier molecular flexibility index (Phi) is 5.79. The first-order valence-electron chi connectivity index (χ1n) is 9.90.